The zero-order valence-electron chi connectivity index (χ0n) is 11.4. The van der Waals surface area contributed by atoms with Gasteiger partial charge in [-0.3, -0.25) is 29.4 Å². The van der Waals surface area contributed by atoms with Crippen molar-refractivity contribution in [2.24, 2.45) is 0 Å². The Bertz CT molecular complexity index is 1080. The third-order valence-corrected chi connectivity index (χ3v) is 4.53. The van der Waals surface area contributed by atoms with Crippen LogP contribution in [0.5, 0.6) is 0 Å². The highest BCUT2D eigenvalue weighted by Gasteiger charge is 2.32. The number of amides is 2. The quantitative estimate of drug-likeness (QED) is 0.396. The van der Waals surface area contributed by atoms with Crippen molar-refractivity contribution in [3.05, 3.63) is 49.4 Å². The second-order valence-corrected chi connectivity index (χ2v) is 6.06. The predicted molar refractivity (Wildman–Crippen MR) is 90.6 cm³/mol. The van der Waals surface area contributed by atoms with E-state index < -0.39 is 17.4 Å². The highest BCUT2D eigenvalue weighted by Crippen LogP contribution is 2.27. The lowest BCUT2D eigenvalue weighted by Gasteiger charge is -2.12. The summed E-state index contributed by atoms with van der Waals surface area (Å²) in [5.41, 5.74) is 6.53. The first-order valence-electron chi connectivity index (χ1n) is 6.53. The maximum Gasteiger partial charge on any atom is 0.262 e. The fourth-order valence-corrected chi connectivity index (χ4v) is 3.26. The summed E-state index contributed by atoms with van der Waals surface area (Å²) < 4.78 is 2.01. The van der Waals surface area contributed by atoms with Gasteiger partial charge in [0.1, 0.15) is 15.0 Å². The van der Waals surface area contributed by atoms with Crippen LogP contribution < -0.4 is 16.6 Å². The number of carbonyl (C=O) groups excluding carboxylic acids is 2. The van der Waals surface area contributed by atoms with Crippen molar-refractivity contribution in [3.63, 3.8) is 0 Å². The van der Waals surface area contributed by atoms with Crippen molar-refractivity contribution in [1.82, 2.24) is 20.1 Å². The van der Waals surface area contributed by atoms with E-state index in [-0.39, 0.29) is 16.9 Å². The molecule has 0 atom stereocenters. The van der Waals surface area contributed by atoms with E-state index in [1.807, 2.05) is 6.07 Å². The second-order valence-electron chi connectivity index (χ2n) is 4.99. The molecule has 0 radical (unpaired) electrons. The summed E-state index contributed by atoms with van der Waals surface area (Å²) in [5, 5.41) is 10.00. The number of anilines is 1. The van der Waals surface area contributed by atoms with Crippen LogP contribution in [-0.2, 0) is 0 Å². The van der Waals surface area contributed by atoms with E-state index in [1.54, 1.807) is 12.1 Å². The van der Waals surface area contributed by atoms with Gasteiger partial charge in [-0.2, -0.15) is 5.10 Å². The Balaban J connectivity index is 2.11. The van der Waals surface area contributed by atoms with Gasteiger partial charge < -0.3 is 5.73 Å². The molecule has 0 aliphatic carbocycles. The van der Waals surface area contributed by atoms with Crippen molar-refractivity contribution < 1.29 is 9.59 Å². The van der Waals surface area contributed by atoms with Gasteiger partial charge >= 0.3 is 0 Å². The number of imide groups is 1. The van der Waals surface area contributed by atoms with Crippen LogP contribution >= 0.6 is 22.6 Å². The number of nitrogens with two attached hydrogens (primary N) is 1. The number of nitrogens with one attached hydrogen (secondary N) is 2. The monoisotopic (exact) mass is 421 g/mol. The summed E-state index contributed by atoms with van der Waals surface area (Å²) in [6, 6.07) is 6.41. The lowest BCUT2D eigenvalue weighted by atomic mass is 10.1. The minimum absolute atomic E-state index is 0.00228. The molecule has 0 saturated carbocycles. The molecule has 4 N–H and O–H groups in total. The van der Waals surface area contributed by atoms with Crippen LogP contribution in [0.2, 0.25) is 0 Å². The second kappa shape index (κ2) is 4.65. The van der Waals surface area contributed by atoms with E-state index >= 15 is 0 Å². The van der Waals surface area contributed by atoms with E-state index in [4.69, 9.17) is 5.73 Å². The Kier molecular flexibility index (Phi) is 2.82. The Morgan fingerprint density at radius 2 is 1.96 bits per heavy atom. The molecule has 0 unspecified atom stereocenters. The van der Waals surface area contributed by atoms with Gasteiger partial charge in [0.05, 0.1) is 16.8 Å². The summed E-state index contributed by atoms with van der Waals surface area (Å²) in [5.74, 6) is -1.31. The van der Waals surface area contributed by atoms with Gasteiger partial charge in [-0.1, -0.05) is 6.07 Å². The molecule has 4 rings (SSSR count). The minimum Gasteiger partial charge on any atom is -0.384 e. The molecule has 0 fully saturated rings. The Morgan fingerprint density at radius 3 is 2.74 bits per heavy atom. The number of aromatic amines is 1. The number of para-hydroxylation sites is 1. The highest BCUT2D eigenvalue weighted by molar-refractivity contribution is 14.1. The summed E-state index contributed by atoms with van der Waals surface area (Å²) in [6.45, 7) is 0. The van der Waals surface area contributed by atoms with E-state index in [0.717, 1.165) is 15.2 Å². The Morgan fingerprint density at radius 1 is 1.17 bits per heavy atom. The average molecular weight is 421 g/mol. The van der Waals surface area contributed by atoms with E-state index in [1.165, 1.54) is 4.57 Å². The molecular formula is C14H8IN5O3. The fourth-order valence-electron chi connectivity index (χ4n) is 2.70. The largest absolute Gasteiger partial charge is 0.384 e. The maximum absolute atomic E-state index is 12.5. The molecule has 3 aromatic rings. The summed E-state index contributed by atoms with van der Waals surface area (Å²) in [7, 11) is 0. The van der Waals surface area contributed by atoms with Crippen LogP contribution in [0.1, 0.15) is 20.7 Å². The number of fused-ring (bicyclic) bond motifs is 2. The third kappa shape index (κ3) is 1.82. The zero-order valence-corrected chi connectivity index (χ0v) is 13.5. The molecule has 2 aromatic heterocycles. The van der Waals surface area contributed by atoms with Crippen LogP contribution in [-0.4, -0.2) is 26.6 Å². The minimum atomic E-state index is -0.617. The molecular weight excluding hydrogens is 413 g/mol. The van der Waals surface area contributed by atoms with Gasteiger partial charge in [0, 0.05) is 11.5 Å². The number of nitrogen functional groups attached to an aromatic ring is 1. The van der Waals surface area contributed by atoms with Crippen molar-refractivity contribution in [2.75, 3.05) is 5.73 Å². The molecule has 23 heavy (non-hydrogen) atoms. The molecule has 0 saturated heterocycles. The van der Waals surface area contributed by atoms with Crippen molar-refractivity contribution in [1.29, 1.82) is 0 Å². The SMILES string of the molecule is Nc1c2c(cc(=O)n1-c1cccc3c(I)[nH]nc13)C(=O)NC2=O. The molecule has 9 heteroatoms. The first-order chi connectivity index (χ1) is 11.0. The Hall–Kier alpha value is -2.69. The van der Waals surface area contributed by atoms with Crippen molar-refractivity contribution >= 4 is 51.1 Å². The van der Waals surface area contributed by atoms with Gasteiger partial charge in [0.15, 0.2) is 0 Å². The summed E-state index contributed by atoms with van der Waals surface area (Å²) >= 11 is 2.10. The molecule has 2 amide bonds. The summed E-state index contributed by atoms with van der Waals surface area (Å²) in [4.78, 5) is 36.1. The molecule has 1 aliphatic heterocycles. The van der Waals surface area contributed by atoms with Gasteiger partial charge in [-0.15, -0.1) is 0 Å². The molecule has 114 valence electrons. The molecule has 8 nitrogen and oxygen atoms in total. The number of hydrogen-bond donors (Lipinski definition) is 3. The van der Waals surface area contributed by atoms with Crippen LogP contribution in [0.4, 0.5) is 5.82 Å². The highest BCUT2D eigenvalue weighted by atomic mass is 127. The summed E-state index contributed by atoms with van der Waals surface area (Å²) in [6.07, 6.45) is 0. The van der Waals surface area contributed by atoms with Crippen molar-refractivity contribution in [3.8, 4) is 5.69 Å². The fraction of sp³-hybridized carbons (Fsp3) is 0. The van der Waals surface area contributed by atoms with Crippen LogP contribution in [0, 0.1) is 3.70 Å². The van der Waals surface area contributed by atoms with Gasteiger partial charge in [0.25, 0.3) is 17.4 Å². The van der Waals surface area contributed by atoms with Gasteiger partial charge in [-0.25, -0.2) is 0 Å². The number of pyridine rings is 1. The number of rotatable bonds is 1. The molecule has 0 bridgehead atoms. The zero-order chi connectivity index (χ0) is 16.3. The topological polar surface area (TPSA) is 123 Å². The van der Waals surface area contributed by atoms with E-state index in [2.05, 4.69) is 38.1 Å². The predicted octanol–water partition coefficient (Wildman–Crippen LogP) is 0.784. The van der Waals surface area contributed by atoms with Crippen molar-refractivity contribution in [2.45, 2.75) is 0 Å². The lowest BCUT2D eigenvalue weighted by molar-refractivity contribution is 0.0880. The number of aromatic nitrogens is 3. The average Bonchev–Trinajstić information content (AvgIpc) is 3.01. The van der Waals surface area contributed by atoms with Crippen LogP contribution in [0.25, 0.3) is 16.6 Å². The molecule has 1 aromatic carbocycles. The number of H-pyrrole nitrogens is 1. The first kappa shape index (κ1) is 13.9. The standard InChI is InChI=1S/C14H8IN5O3/c15-11-5-2-1-3-7(10(5)18-19-11)20-8(21)4-6-9(12(20)16)14(23)17-13(6)22/h1-4H,16H2,(H,18,19)(H,17,22,23). The molecule has 1 aliphatic rings. The first-order valence-corrected chi connectivity index (χ1v) is 7.61. The number of nitrogens with zero attached hydrogens (tertiary/aromatic N) is 2. The van der Waals surface area contributed by atoms with Gasteiger partial charge in [0.2, 0.25) is 0 Å². The Labute approximate surface area is 141 Å². The van der Waals surface area contributed by atoms with E-state index in [9.17, 15) is 14.4 Å². The number of benzene rings is 1. The number of halogens is 1. The maximum atomic E-state index is 12.5. The van der Waals surface area contributed by atoms with Crippen LogP contribution in [0.15, 0.2) is 29.1 Å². The number of carbonyl (C=O) groups is 2. The normalized spacial score (nSPS) is 13.4. The smallest absolute Gasteiger partial charge is 0.262 e. The third-order valence-electron chi connectivity index (χ3n) is 3.71. The molecule has 3 heterocycles. The van der Waals surface area contributed by atoms with Gasteiger partial charge in [-0.05, 0) is 34.7 Å². The van der Waals surface area contributed by atoms with Crippen LogP contribution in [0.3, 0.4) is 0 Å². The van der Waals surface area contributed by atoms with E-state index in [0.29, 0.717) is 11.2 Å². The molecule has 0 spiro atoms. The number of hydrogen-bond acceptors (Lipinski definition) is 5. The lowest BCUT2D eigenvalue weighted by Crippen LogP contribution is -2.24.